The van der Waals surface area contributed by atoms with Crippen molar-refractivity contribution in [2.45, 2.75) is 63.2 Å². The van der Waals surface area contributed by atoms with Gasteiger partial charge < -0.3 is 42.7 Å². The van der Waals surface area contributed by atoms with Crippen LogP contribution in [0, 0.1) is 0 Å². The molecule has 4 atom stereocenters. The van der Waals surface area contributed by atoms with Gasteiger partial charge in [0, 0.05) is 12.8 Å². The molecule has 4 unspecified atom stereocenters. The van der Waals surface area contributed by atoms with Crippen LogP contribution in [0.5, 0.6) is 0 Å². The molecule has 4 amide bonds. The van der Waals surface area contributed by atoms with Gasteiger partial charge in [0.1, 0.15) is 18.1 Å². The lowest BCUT2D eigenvalue weighted by Crippen LogP contribution is -2.57. The minimum absolute atomic E-state index is 0.261. The van der Waals surface area contributed by atoms with Gasteiger partial charge in [-0.3, -0.25) is 33.6 Å². The van der Waals surface area contributed by atoms with Crippen molar-refractivity contribution in [2.75, 3.05) is 0 Å². The third-order valence-electron chi connectivity index (χ3n) is 4.05. The highest BCUT2D eigenvalue weighted by Crippen LogP contribution is 2.03. The van der Waals surface area contributed by atoms with Crippen molar-refractivity contribution in [1.29, 1.82) is 0 Å². The second-order valence-electron chi connectivity index (χ2n) is 6.83. The molecule has 0 aliphatic heterocycles. The fraction of sp³-hybridized carbons (Fsp3) is 0.588. The Morgan fingerprint density at radius 2 is 1.22 bits per heavy atom. The van der Waals surface area contributed by atoms with Gasteiger partial charge in [-0.25, -0.2) is 0 Å². The number of nitrogens with one attached hydrogen (secondary N) is 3. The minimum atomic E-state index is -1.60. The number of carboxylic acids is 3. The quantitative estimate of drug-likeness (QED) is 0.118. The molecule has 0 radical (unpaired) electrons. The van der Waals surface area contributed by atoms with Crippen LogP contribution in [0.25, 0.3) is 0 Å². The minimum Gasteiger partial charge on any atom is -0.481 e. The maximum Gasteiger partial charge on any atom is 0.325 e. The van der Waals surface area contributed by atoms with Gasteiger partial charge in [0.15, 0.2) is 0 Å². The summed E-state index contributed by atoms with van der Waals surface area (Å²) in [4.78, 5) is 80.6. The van der Waals surface area contributed by atoms with E-state index < -0.39 is 91.4 Å². The monoisotopic (exact) mass is 461 g/mol. The molecule has 15 nitrogen and oxygen atoms in total. The highest BCUT2D eigenvalue weighted by molar-refractivity contribution is 5.96. The summed E-state index contributed by atoms with van der Waals surface area (Å²) in [6.45, 7) is 1.14. The number of aliphatic carboxylic acids is 3. The highest BCUT2D eigenvalue weighted by Gasteiger charge is 2.30. The molecule has 0 rings (SSSR count). The molecular weight excluding hydrogens is 434 g/mol. The maximum absolute atomic E-state index is 12.6. The molecule has 0 bridgehead atoms. The molecule has 0 heterocycles. The lowest BCUT2D eigenvalue weighted by Gasteiger charge is -2.24. The molecule has 0 aliphatic rings. The first-order valence-electron chi connectivity index (χ1n) is 9.36. The molecule has 0 saturated carbocycles. The van der Waals surface area contributed by atoms with Crippen LogP contribution >= 0.6 is 0 Å². The number of carbonyl (C=O) groups excluding carboxylic acids is 4. The van der Waals surface area contributed by atoms with Crippen LogP contribution in [0.4, 0.5) is 0 Å². The first kappa shape index (κ1) is 28.2. The molecule has 0 aromatic carbocycles. The van der Waals surface area contributed by atoms with E-state index in [-0.39, 0.29) is 6.42 Å². The molecule has 180 valence electrons. The van der Waals surface area contributed by atoms with Gasteiger partial charge in [-0.2, -0.15) is 0 Å². The zero-order valence-corrected chi connectivity index (χ0v) is 17.2. The third-order valence-corrected chi connectivity index (χ3v) is 4.05. The normalized spacial score (nSPS) is 14.2. The number of primary amides is 1. The van der Waals surface area contributed by atoms with Crippen LogP contribution in [-0.2, 0) is 33.6 Å². The summed E-state index contributed by atoms with van der Waals surface area (Å²) >= 11 is 0. The summed E-state index contributed by atoms with van der Waals surface area (Å²) < 4.78 is 0. The summed E-state index contributed by atoms with van der Waals surface area (Å²) in [5.41, 5.74) is 10.6. The van der Waals surface area contributed by atoms with Gasteiger partial charge >= 0.3 is 17.9 Å². The van der Waals surface area contributed by atoms with Crippen molar-refractivity contribution in [2.24, 2.45) is 11.5 Å². The predicted octanol–water partition coefficient (Wildman–Crippen LogP) is -3.52. The lowest BCUT2D eigenvalue weighted by atomic mass is 10.1. The van der Waals surface area contributed by atoms with Crippen LogP contribution < -0.4 is 27.4 Å². The molecule has 0 spiro atoms. The number of amides is 4. The fourth-order valence-electron chi connectivity index (χ4n) is 2.28. The Kier molecular flexibility index (Phi) is 11.9. The van der Waals surface area contributed by atoms with Crippen molar-refractivity contribution in [1.82, 2.24) is 16.0 Å². The number of carbonyl (C=O) groups is 7. The standard InChI is InChI=1S/C17H27N5O10/c1-7(17(31)32)20-15(29)9(3-5-13(26)27)21-16(30)10(6-11(19)23)22-14(28)8(18)2-4-12(24)25/h7-10H,2-6,18H2,1H3,(H2,19,23)(H,20,29)(H,21,30)(H,22,28)(H,24,25)(H,26,27)(H,31,32). The Morgan fingerprint density at radius 1 is 0.750 bits per heavy atom. The summed E-state index contributed by atoms with van der Waals surface area (Å²) in [7, 11) is 0. The largest absolute Gasteiger partial charge is 0.481 e. The zero-order valence-electron chi connectivity index (χ0n) is 17.2. The highest BCUT2D eigenvalue weighted by atomic mass is 16.4. The van der Waals surface area contributed by atoms with Crippen LogP contribution in [0.3, 0.4) is 0 Å². The van der Waals surface area contributed by atoms with E-state index in [4.69, 9.17) is 26.8 Å². The summed E-state index contributed by atoms with van der Waals surface area (Å²) in [5, 5.41) is 32.7. The number of carboxylic acid groups (broad SMARTS) is 3. The first-order valence-corrected chi connectivity index (χ1v) is 9.36. The molecular formula is C17H27N5O10. The van der Waals surface area contributed by atoms with E-state index in [1.807, 2.05) is 0 Å². The first-order chi connectivity index (χ1) is 14.7. The van der Waals surface area contributed by atoms with E-state index >= 15 is 0 Å². The fourth-order valence-corrected chi connectivity index (χ4v) is 2.28. The van der Waals surface area contributed by atoms with Crippen molar-refractivity contribution in [3.8, 4) is 0 Å². The van der Waals surface area contributed by atoms with Crippen LogP contribution in [0.15, 0.2) is 0 Å². The van der Waals surface area contributed by atoms with E-state index in [0.29, 0.717) is 0 Å². The Balaban J connectivity index is 5.40. The van der Waals surface area contributed by atoms with Gasteiger partial charge in [0.05, 0.1) is 12.5 Å². The second-order valence-corrected chi connectivity index (χ2v) is 6.83. The van der Waals surface area contributed by atoms with Crippen LogP contribution in [-0.4, -0.2) is 81.0 Å². The van der Waals surface area contributed by atoms with E-state index in [2.05, 4.69) is 16.0 Å². The van der Waals surface area contributed by atoms with E-state index in [0.717, 1.165) is 6.92 Å². The lowest BCUT2D eigenvalue weighted by molar-refractivity contribution is -0.142. The summed E-state index contributed by atoms with van der Waals surface area (Å²) in [6, 6.07) is -5.78. The SMILES string of the molecule is CC(NC(=O)C(CCC(=O)O)NC(=O)C(CC(N)=O)NC(=O)C(N)CCC(=O)O)C(=O)O. The second kappa shape index (κ2) is 13.5. The number of hydrogen-bond donors (Lipinski definition) is 8. The van der Waals surface area contributed by atoms with E-state index in [1.54, 1.807) is 0 Å². The van der Waals surface area contributed by atoms with Gasteiger partial charge in [-0.15, -0.1) is 0 Å². The number of rotatable bonds is 15. The topological polar surface area (TPSA) is 268 Å². The number of hydrogen-bond acceptors (Lipinski definition) is 8. The molecule has 0 aromatic rings. The molecule has 0 aliphatic carbocycles. The van der Waals surface area contributed by atoms with Crippen LogP contribution in [0.2, 0.25) is 0 Å². The average molecular weight is 461 g/mol. The molecule has 10 N–H and O–H groups in total. The van der Waals surface area contributed by atoms with Crippen molar-refractivity contribution >= 4 is 41.5 Å². The Bertz CT molecular complexity index is 756. The Labute approximate surface area is 181 Å². The van der Waals surface area contributed by atoms with Crippen LogP contribution in [0.1, 0.15) is 39.0 Å². The molecule has 15 heteroatoms. The van der Waals surface area contributed by atoms with Gasteiger partial charge in [-0.05, 0) is 19.8 Å². The molecule has 0 fully saturated rings. The van der Waals surface area contributed by atoms with E-state index in [1.165, 1.54) is 0 Å². The maximum atomic E-state index is 12.6. The van der Waals surface area contributed by atoms with Gasteiger partial charge in [-0.1, -0.05) is 0 Å². The average Bonchev–Trinajstić information content (AvgIpc) is 2.67. The summed E-state index contributed by atoms with van der Waals surface area (Å²) in [6.07, 6.45) is -2.38. The van der Waals surface area contributed by atoms with Crippen molar-refractivity contribution in [3.63, 3.8) is 0 Å². The van der Waals surface area contributed by atoms with Crippen molar-refractivity contribution < 1.29 is 48.9 Å². The summed E-state index contributed by atoms with van der Waals surface area (Å²) in [5.74, 6) is -7.93. The molecule has 32 heavy (non-hydrogen) atoms. The Hall–Kier alpha value is -3.75. The zero-order chi connectivity index (χ0) is 25.0. The number of nitrogens with two attached hydrogens (primary N) is 2. The van der Waals surface area contributed by atoms with Gasteiger partial charge in [0.25, 0.3) is 0 Å². The predicted molar refractivity (Wildman–Crippen MR) is 105 cm³/mol. The third kappa shape index (κ3) is 11.4. The van der Waals surface area contributed by atoms with Gasteiger partial charge in [0.2, 0.25) is 23.6 Å². The smallest absolute Gasteiger partial charge is 0.325 e. The van der Waals surface area contributed by atoms with E-state index in [9.17, 15) is 33.6 Å². The molecule has 0 saturated heterocycles. The Morgan fingerprint density at radius 3 is 1.69 bits per heavy atom. The van der Waals surface area contributed by atoms with Crippen molar-refractivity contribution in [3.05, 3.63) is 0 Å². The molecule has 0 aromatic heterocycles.